The molecule has 1 heterocycles. The van der Waals surface area contributed by atoms with Gasteiger partial charge >= 0.3 is 0 Å². The smallest absolute Gasteiger partial charge is 0.0528 e. The average Bonchev–Trinajstić information content (AvgIpc) is 2.74. The molecular formula is C10H15NO. The number of rotatable bonds is 2. The van der Waals surface area contributed by atoms with Gasteiger partial charge in [-0.15, -0.1) is 0 Å². The standard InChI is InChI=1S/C10H15NO/c1-7-5-9(8(2)11-7)10(6-12)3-4-10/h5,11-12H,3-4,6H2,1-2H3. The van der Waals surface area contributed by atoms with Crippen molar-refractivity contribution in [2.24, 2.45) is 0 Å². The third kappa shape index (κ3) is 0.985. The monoisotopic (exact) mass is 165 g/mol. The molecule has 1 fully saturated rings. The third-order valence-corrected chi connectivity index (χ3v) is 2.88. The first-order valence-electron chi connectivity index (χ1n) is 4.45. The van der Waals surface area contributed by atoms with E-state index in [9.17, 15) is 5.11 Å². The van der Waals surface area contributed by atoms with Crippen molar-refractivity contribution in [3.05, 3.63) is 23.0 Å². The second-order valence-electron chi connectivity index (χ2n) is 3.93. The van der Waals surface area contributed by atoms with E-state index in [0.29, 0.717) is 6.61 Å². The average molecular weight is 165 g/mol. The lowest BCUT2D eigenvalue weighted by molar-refractivity contribution is 0.254. The largest absolute Gasteiger partial charge is 0.395 e. The van der Waals surface area contributed by atoms with Gasteiger partial charge in [0.2, 0.25) is 0 Å². The van der Waals surface area contributed by atoms with Gasteiger partial charge in [0.05, 0.1) is 6.61 Å². The first-order valence-corrected chi connectivity index (χ1v) is 4.45. The Bertz CT molecular complexity index is 297. The molecule has 0 atom stereocenters. The summed E-state index contributed by atoms with van der Waals surface area (Å²) in [6.45, 7) is 4.44. The molecule has 0 aromatic carbocycles. The van der Waals surface area contributed by atoms with Gasteiger partial charge in [-0.25, -0.2) is 0 Å². The second kappa shape index (κ2) is 2.36. The summed E-state index contributed by atoms with van der Waals surface area (Å²) in [4.78, 5) is 3.28. The van der Waals surface area contributed by atoms with Crippen LogP contribution in [-0.2, 0) is 5.41 Å². The number of hydrogen-bond donors (Lipinski definition) is 2. The Morgan fingerprint density at radius 1 is 1.50 bits per heavy atom. The molecule has 0 unspecified atom stereocenters. The minimum Gasteiger partial charge on any atom is -0.395 e. The van der Waals surface area contributed by atoms with E-state index in [4.69, 9.17) is 0 Å². The summed E-state index contributed by atoms with van der Waals surface area (Å²) < 4.78 is 0. The maximum Gasteiger partial charge on any atom is 0.0528 e. The number of aromatic amines is 1. The normalized spacial score (nSPS) is 19.6. The van der Waals surface area contributed by atoms with E-state index < -0.39 is 0 Å². The van der Waals surface area contributed by atoms with Crippen LogP contribution in [0.15, 0.2) is 6.07 Å². The Hall–Kier alpha value is -0.760. The first kappa shape index (κ1) is 7.87. The number of nitrogens with one attached hydrogen (secondary N) is 1. The minimum atomic E-state index is 0.120. The number of aliphatic hydroxyl groups is 1. The van der Waals surface area contributed by atoms with Gasteiger partial charge in [-0.1, -0.05) is 0 Å². The molecule has 2 N–H and O–H groups in total. The molecule has 1 aliphatic rings. The van der Waals surface area contributed by atoms with Crippen LogP contribution in [0, 0.1) is 13.8 Å². The van der Waals surface area contributed by atoms with Crippen molar-refractivity contribution in [1.29, 1.82) is 0 Å². The summed E-state index contributed by atoms with van der Waals surface area (Å²) in [5.41, 5.74) is 3.86. The molecule has 12 heavy (non-hydrogen) atoms. The molecule has 2 nitrogen and oxygen atoms in total. The SMILES string of the molecule is Cc1cc(C2(CO)CC2)c(C)[nH]1. The predicted octanol–water partition coefficient (Wildman–Crippen LogP) is 1.66. The molecule has 2 rings (SSSR count). The molecule has 1 aliphatic carbocycles. The number of aliphatic hydroxyl groups excluding tert-OH is 1. The lowest BCUT2D eigenvalue weighted by Gasteiger charge is -2.10. The van der Waals surface area contributed by atoms with Gasteiger partial charge in [0.25, 0.3) is 0 Å². The molecule has 0 radical (unpaired) electrons. The first-order chi connectivity index (χ1) is 5.68. The molecule has 0 amide bonds. The summed E-state index contributed by atoms with van der Waals surface area (Å²) in [7, 11) is 0. The van der Waals surface area contributed by atoms with Gasteiger partial charge < -0.3 is 10.1 Å². The molecular weight excluding hydrogens is 150 g/mol. The fraction of sp³-hybridized carbons (Fsp3) is 0.600. The molecule has 2 heteroatoms. The van der Waals surface area contributed by atoms with Crippen LogP contribution in [0.4, 0.5) is 0 Å². The van der Waals surface area contributed by atoms with Crippen LogP contribution < -0.4 is 0 Å². The van der Waals surface area contributed by atoms with E-state index in [0.717, 1.165) is 12.8 Å². The van der Waals surface area contributed by atoms with Gasteiger partial charge in [-0.3, -0.25) is 0 Å². The molecule has 1 aromatic heterocycles. The summed E-state index contributed by atoms with van der Waals surface area (Å²) >= 11 is 0. The number of aryl methyl sites for hydroxylation is 2. The summed E-state index contributed by atoms with van der Waals surface area (Å²) in [5.74, 6) is 0. The van der Waals surface area contributed by atoms with Crippen LogP contribution in [0.1, 0.15) is 29.8 Å². The Kier molecular flexibility index (Phi) is 1.55. The zero-order valence-corrected chi connectivity index (χ0v) is 7.65. The highest BCUT2D eigenvalue weighted by atomic mass is 16.3. The molecule has 1 saturated carbocycles. The van der Waals surface area contributed by atoms with E-state index in [1.807, 2.05) is 0 Å². The van der Waals surface area contributed by atoms with Crippen LogP contribution in [0.2, 0.25) is 0 Å². The summed E-state index contributed by atoms with van der Waals surface area (Å²) in [6, 6.07) is 2.17. The summed E-state index contributed by atoms with van der Waals surface area (Å²) in [6.07, 6.45) is 2.28. The molecule has 0 saturated heterocycles. The van der Waals surface area contributed by atoms with Gasteiger partial charge in [-0.2, -0.15) is 0 Å². The molecule has 1 aromatic rings. The molecule has 0 aliphatic heterocycles. The van der Waals surface area contributed by atoms with Gasteiger partial charge in [-0.05, 0) is 38.3 Å². The van der Waals surface area contributed by atoms with Crippen molar-refractivity contribution in [3.63, 3.8) is 0 Å². The second-order valence-corrected chi connectivity index (χ2v) is 3.93. The molecule has 66 valence electrons. The number of hydrogen-bond acceptors (Lipinski definition) is 1. The minimum absolute atomic E-state index is 0.120. The van der Waals surface area contributed by atoms with Crippen molar-refractivity contribution >= 4 is 0 Å². The van der Waals surface area contributed by atoms with Gasteiger partial charge in [0.1, 0.15) is 0 Å². The lowest BCUT2D eigenvalue weighted by Crippen LogP contribution is -2.11. The van der Waals surface area contributed by atoms with Crippen molar-refractivity contribution in [2.45, 2.75) is 32.1 Å². The van der Waals surface area contributed by atoms with Crippen molar-refractivity contribution < 1.29 is 5.11 Å². The highest BCUT2D eigenvalue weighted by molar-refractivity contribution is 5.37. The highest BCUT2D eigenvalue weighted by Crippen LogP contribution is 2.48. The third-order valence-electron chi connectivity index (χ3n) is 2.88. The van der Waals surface area contributed by atoms with E-state index >= 15 is 0 Å². The lowest BCUT2D eigenvalue weighted by atomic mass is 9.97. The Labute approximate surface area is 72.6 Å². The van der Waals surface area contributed by atoms with E-state index in [-0.39, 0.29) is 5.41 Å². The Morgan fingerprint density at radius 2 is 2.17 bits per heavy atom. The topological polar surface area (TPSA) is 36.0 Å². The van der Waals surface area contributed by atoms with E-state index in [1.165, 1.54) is 17.0 Å². The van der Waals surface area contributed by atoms with E-state index in [2.05, 4.69) is 24.9 Å². The van der Waals surface area contributed by atoms with Crippen LogP contribution in [-0.4, -0.2) is 16.7 Å². The number of aromatic nitrogens is 1. The maximum atomic E-state index is 9.23. The van der Waals surface area contributed by atoms with Crippen LogP contribution in [0.25, 0.3) is 0 Å². The maximum absolute atomic E-state index is 9.23. The summed E-state index contributed by atoms with van der Waals surface area (Å²) in [5, 5.41) is 9.23. The molecule has 0 spiro atoms. The fourth-order valence-corrected chi connectivity index (χ4v) is 1.94. The Balaban J connectivity index is 2.39. The fourth-order valence-electron chi connectivity index (χ4n) is 1.94. The quantitative estimate of drug-likeness (QED) is 0.687. The number of H-pyrrole nitrogens is 1. The van der Waals surface area contributed by atoms with Crippen molar-refractivity contribution in [1.82, 2.24) is 4.98 Å². The molecule has 0 bridgehead atoms. The zero-order chi connectivity index (χ0) is 8.77. The van der Waals surface area contributed by atoms with Crippen LogP contribution in [0.3, 0.4) is 0 Å². The Morgan fingerprint density at radius 3 is 2.50 bits per heavy atom. The van der Waals surface area contributed by atoms with Gasteiger partial charge in [0, 0.05) is 16.8 Å². The van der Waals surface area contributed by atoms with Crippen molar-refractivity contribution in [3.8, 4) is 0 Å². The van der Waals surface area contributed by atoms with Crippen molar-refractivity contribution in [2.75, 3.05) is 6.61 Å². The highest BCUT2D eigenvalue weighted by Gasteiger charge is 2.45. The van der Waals surface area contributed by atoms with E-state index in [1.54, 1.807) is 0 Å². The predicted molar refractivity (Wildman–Crippen MR) is 48.3 cm³/mol. The van der Waals surface area contributed by atoms with Crippen LogP contribution >= 0.6 is 0 Å². The van der Waals surface area contributed by atoms with Crippen LogP contribution in [0.5, 0.6) is 0 Å². The van der Waals surface area contributed by atoms with Gasteiger partial charge in [0.15, 0.2) is 0 Å². The zero-order valence-electron chi connectivity index (χ0n) is 7.65.